The summed E-state index contributed by atoms with van der Waals surface area (Å²) < 4.78 is 0. The van der Waals surface area contributed by atoms with E-state index in [1.54, 1.807) is 12.1 Å². The normalized spacial score (nSPS) is 17.7. The van der Waals surface area contributed by atoms with Gasteiger partial charge in [0.15, 0.2) is 6.23 Å². The molecule has 2 aromatic rings. The second-order valence-electron chi connectivity index (χ2n) is 5.39. The second kappa shape index (κ2) is 4.76. The molecule has 3 nitrogen and oxygen atoms in total. The third kappa shape index (κ3) is 1.91. The second-order valence-corrected chi connectivity index (χ2v) is 5.39. The Morgan fingerprint density at radius 3 is 2.55 bits per heavy atom. The summed E-state index contributed by atoms with van der Waals surface area (Å²) >= 11 is 0. The van der Waals surface area contributed by atoms with E-state index in [9.17, 15) is 9.90 Å². The van der Waals surface area contributed by atoms with E-state index < -0.39 is 6.23 Å². The number of fused-ring (bicyclic) bond motifs is 1. The van der Waals surface area contributed by atoms with Crippen molar-refractivity contribution in [3.05, 3.63) is 65.2 Å². The monoisotopic (exact) mass is 267 g/mol. The summed E-state index contributed by atoms with van der Waals surface area (Å²) in [6, 6.07) is 15.0. The van der Waals surface area contributed by atoms with Crippen LogP contribution in [0.2, 0.25) is 0 Å². The molecule has 1 aliphatic rings. The quantitative estimate of drug-likeness (QED) is 0.905. The molecule has 20 heavy (non-hydrogen) atoms. The number of hydrogen-bond acceptors (Lipinski definition) is 2. The van der Waals surface area contributed by atoms with E-state index in [1.165, 1.54) is 4.90 Å². The Balaban J connectivity index is 2.05. The van der Waals surface area contributed by atoms with Crippen LogP contribution in [0.3, 0.4) is 0 Å². The molecular weight excluding hydrogens is 250 g/mol. The van der Waals surface area contributed by atoms with Gasteiger partial charge < -0.3 is 5.11 Å². The van der Waals surface area contributed by atoms with Gasteiger partial charge in [-0.25, -0.2) is 0 Å². The van der Waals surface area contributed by atoms with Gasteiger partial charge in [-0.2, -0.15) is 0 Å². The van der Waals surface area contributed by atoms with Gasteiger partial charge in [-0.3, -0.25) is 9.69 Å². The molecule has 0 saturated heterocycles. The summed E-state index contributed by atoms with van der Waals surface area (Å²) in [5.74, 6) is 0.237. The summed E-state index contributed by atoms with van der Waals surface area (Å²) in [5.41, 5.74) is 3.14. The highest BCUT2D eigenvalue weighted by Gasteiger charge is 2.36. The Morgan fingerprint density at radius 2 is 1.85 bits per heavy atom. The molecule has 0 saturated carbocycles. The van der Waals surface area contributed by atoms with Crippen molar-refractivity contribution < 1.29 is 9.90 Å². The van der Waals surface area contributed by atoms with Crippen molar-refractivity contribution in [3.8, 4) is 0 Å². The van der Waals surface area contributed by atoms with Gasteiger partial charge in [-0.15, -0.1) is 0 Å². The number of hydrogen-bond donors (Lipinski definition) is 1. The summed E-state index contributed by atoms with van der Waals surface area (Å²) in [4.78, 5) is 13.9. The Bertz CT molecular complexity index is 664. The fourth-order valence-corrected chi connectivity index (χ4v) is 2.59. The van der Waals surface area contributed by atoms with Gasteiger partial charge in [-0.1, -0.05) is 44.2 Å². The molecule has 3 heteroatoms. The van der Waals surface area contributed by atoms with Crippen molar-refractivity contribution in [2.45, 2.75) is 26.0 Å². The van der Waals surface area contributed by atoms with Gasteiger partial charge in [0.05, 0.1) is 0 Å². The molecule has 102 valence electrons. The smallest absolute Gasteiger partial charge is 0.261 e. The molecule has 0 bridgehead atoms. The number of nitrogens with zero attached hydrogens (tertiary/aromatic N) is 1. The lowest BCUT2D eigenvalue weighted by Crippen LogP contribution is -2.27. The van der Waals surface area contributed by atoms with Crippen LogP contribution in [0.1, 0.15) is 47.5 Å². The fourth-order valence-electron chi connectivity index (χ4n) is 2.59. The molecule has 1 aliphatic heterocycles. The Kier molecular flexibility index (Phi) is 3.07. The van der Waals surface area contributed by atoms with Crippen molar-refractivity contribution in [1.29, 1.82) is 0 Å². The predicted molar refractivity (Wildman–Crippen MR) is 78.7 cm³/mol. The molecule has 1 amide bonds. The van der Waals surface area contributed by atoms with Gasteiger partial charge in [-0.05, 0) is 29.7 Å². The van der Waals surface area contributed by atoms with Gasteiger partial charge in [0.1, 0.15) is 0 Å². The van der Waals surface area contributed by atoms with E-state index in [1.807, 2.05) is 36.4 Å². The predicted octanol–water partition coefficient (Wildman–Crippen LogP) is 3.46. The summed E-state index contributed by atoms with van der Waals surface area (Å²) in [6.45, 7) is 4.21. The molecule has 0 spiro atoms. The van der Waals surface area contributed by atoms with E-state index in [2.05, 4.69) is 13.8 Å². The third-order valence-electron chi connectivity index (χ3n) is 3.75. The molecule has 0 fully saturated rings. The number of aliphatic hydroxyl groups excluding tert-OH is 1. The molecule has 2 aromatic carbocycles. The minimum Gasteiger partial charge on any atom is -0.369 e. The molecule has 1 N–H and O–H groups in total. The fraction of sp³-hybridized carbons (Fsp3) is 0.235. The summed E-state index contributed by atoms with van der Waals surface area (Å²) in [7, 11) is 0. The lowest BCUT2D eigenvalue weighted by molar-refractivity contribution is 0.0935. The first-order chi connectivity index (χ1) is 9.59. The molecular formula is C17H17NO2. The molecule has 1 heterocycles. The molecule has 0 aliphatic carbocycles. The highest BCUT2D eigenvalue weighted by molar-refractivity contribution is 6.10. The van der Waals surface area contributed by atoms with Gasteiger partial charge in [0.2, 0.25) is 0 Å². The zero-order valence-electron chi connectivity index (χ0n) is 11.6. The van der Waals surface area contributed by atoms with Crippen LogP contribution in [0.5, 0.6) is 0 Å². The Labute approximate surface area is 118 Å². The Morgan fingerprint density at radius 1 is 1.10 bits per heavy atom. The molecule has 0 radical (unpaired) electrons. The van der Waals surface area contributed by atoms with Crippen molar-refractivity contribution in [3.63, 3.8) is 0 Å². The van der Waals surface area contributed by atoms with Gasteiger partial charge in [0.25, 0.3) is 5.91 Å². The highest BCUT2D eigenvalue weighted by Crippen LogP contribution is 2.36. The SMILES string of the molecule is CC(C)c1cccc(N2C(=O)c3ccccc3C2O)c1. The minimum absolute atomic E-state index is 0.144. The molecule has 1 unspecified atom stereocenters. The average Bonchev–Trinajstić information content (AvgIpc) is 2.72. The largest absolute Gasteiger partial charge is 0.369 e. The number of carbonyl (C=O) groups is 1. The average molecular weight is 267 g/mol. The van der Waals surface area contributed by atoms with Crippen molar-refractivity contribution >= 4 is 11.6 Å². The van der Waals surface area contributed by atoms with Crippen LogP contribution in [0.4, 0.5) is 5.69 Å². The van der Waals surface area contributed by atoms with Gasteiger partial charge >= 0.3 is 0 Å². The molecule has 0 aromatic heterocycles. The number of aliphatic hydroxyl groups is 1. The maximum absolute atomic E-state index is 12.5. The minimum atomic E-state index is -0.902. The van der Waals surface area contributed by atoms with Gasteiger partial charge in [0, 0.05) is 16.8 Å². The zero-order chi connectivity index (χ0) is 14.3. The lowest BCUT2D eigenvalue weighted by atomic mass is 10.0. The van der Waals surface area contributed by atoms with Crippen molar-refractivity contribution in [2.24, 2.45) is 0 Å². The zero-order valence-corrected chi connectivity index (χ0v) is 11.6. The van der Waals surface area contributed by atoms with Crippen LogP contribution in [0.25, 0.3) is 0 Å². The summed E-state index contributed by atoms with van der Waals surface area (Å²) in [5, 5.41) is 10.4. The van der Waals surface area contributed by atoms with E-state index in [0.717, 1.165) is 11.3 Å². The van der Waals surface area contributed by atoms with Crippen molar-refractivity contribution in [1.82, 2.24) is 0 Å². The van der Waals surface area contributed by atoms with Crippen LogP contribution >= 0.6 is 0 Å². The molecule has 1 atom stereocenters. The van der Waals surface area contributed by atoms with Crippen LogP contribution in [0, 0.1) is 0 Å². The highest BCUT2D eigenvalue weighted by atomic mass is 16.3. The van der Waals surface area contributed by atoms with E-state index in [0.29, 0.717) is 17.0 Å². The number of carbonyl (C=O) groups excluding carboxylic acids is 1. The first kappa shape index (κ1) is 12.9. The number of anilines is 1. The van der Waals surface area contributed by atoms with E-state index in [-0.39, 0.29) is 5.91 Å². The van der Waals surface area contributed by atoms with Crippen LogP contribution in [-0.2, 0) is 0 Å². The maximum atomic E-state index is 12.5. The third-order valence-corrected chi connectivity index (χ3v) is 3.75. The van der Waals surface area contributed by atoms with Crippen LogP contribution in [-0.4, -0.2) is 11.0 Å². The first-order valence-electron chi connectivity index (χ1n) is 6.80. The first-order valence-corrected chi connectivity index (χ1v) is 6.80. The number of benzene rings is 2. The maximum Gasteiger partial charge on any atom is 0.261 e. The molecule has 3 rings (SSSR count). The number of rotatable bonds is 2. The summed E-state index contributed by atoms with van der Waals surface area (Å²) in [6.07, 6.45) is -0.902. The van der Waals surface area contributed by atoms with Crippen LogP contribution in [0.15, 0.2) is 48.5 Å². The lowest BCUT2D eigenvalue weighted by Gasteiger charge is -2.22. The van der Waals surface area contributed by atoms with E-state index in [4.69, 9.17) is 0 Å². The Hall–Kier alpha value is -2.13. The van der Waals surface area contributed by atoms with Crippen LogP contribution < -0.4 is 4.90 Å². The topological polar surface area (TPSA) is 40.5 Å². The number of amides is 1. The van der Waals surface area contributed by atoms with E-state index >= 15 is 0 Å². The standard InChI is InChI=1S/C17H17NO2/c1-11(2)12-6-5-7-13(10-12)18-16(19)14-8-3-4-9-15(14)17(18)20/h3-11,16,19H,1-2H3. The van der Waals surface area contributed by atoms with Crippen molar-refractivity contribution in [2.75, 3.05) is 4.90 Å².